The van der Waals surface area contributed by atoms with Crippen molar-refractivity contribution in [2.75, 3.05) is 0 Å². The largest absolute Gasteiger partial charge is 0.508 e. The van der Waals surface area contributed by atoms with Gasteiger partial charge in [0.1, 0.15) is 11.5 Å². The minimum absolute atomic E-state index is 0.0552. The number of phenolic OH excluding ortho intramolecular Hbond substituents is 1. The molecular formula is C27H38O3. The summed E-state index contributed by atoms with van der Waals surface area (Å²) < 4.78 is 5.91. The van der Waals surface area contributed by atoms with Crippen LogP contribution in [0.15, 0.2) is 36.4 Å². The van der Waals surface area contributed by atoms with Crippen LogP contribution >= 0.6 is 0 Å². The number of hydrogen-bond donors (Lipinski definition) is 1. The lowest BCUT2D eigenvalue weighted by atomic mass is 9.76. The second-order valence-corrected chi connectivity index (χ2v) is 10.6. The Bertz CT molecular complexity index is 914. The van der Waals surface area contributed by atoms with Gasteiger partial charge in [-0.1, -0.05) is 74.4 Å². The van der Waals surface area contributed by atoms with E-state index in [9.17, 15) is 9.90 Å². The molecular weight excluding hydrogens is 372 g/mol. The van der Waals surface area contributed by atoms with Crippen LogP contribution in [-0.4, -0.2) is 11.1 Å². The van der Waals surface area contributed by atoms with E-state index in [0.717, 1.165) is 24.0 Å². The summed E-state index contributed by atoms with van der Waals surface area (Å²) in [7, 11) is 0. The number of phenols is 1. The zero-order valence-corrected chi connectivity index (χ0v) is 20.1. The average molecular weight is 411 g/mol. The minimum Gasteiger partial charge on any atom is -0.508 e. The Labute approximate surface area is 182 Å². The second kappa shape index (κ2) is 8.45. The molecule has 0 bridgehead atoms. The smallest absolute Gasteiger partial charge is 0.343 e. The number of aromatic hydroxyl groups is 1. The summed E-state index contributed by atoms with van der Waals surface area (Å²) >= 11 is 0. The molecule has 2 aromatic rings. The van der Waals surface area contributed by atoms with Crippen molar-refractivity contribution < 1.29 is 14.6 Å². The number of hydrogen-bond acceptors (Lipinski definition) is 3. The van der Waals surface area contributed by atoms with E-state index < -0.39 is 5.97 Å². The van der Waals surface area contributed by atoms with Crippen LogP contribution in [0.4, 0.5) is 0 Å². The van der Waals surface area contributed by atoms with Gasteiger partial charge in [-0.15, -0.1) is 0 Å². The molecule has 1 N–H and O–H groups in total. The Morgan fingerprint density at radius 1 is 0.833 bits per heavy atom. The molecule has 2 aromatic carbocycles. The summed E-state index contributed by atoms with van der Waals surface area (Å²) in [5, 5.41) is 10.2. The Morgan fingerprint density at radius 2 is 1.43 bits per heavy atom. The van der Waals surface area contributed by atoms with Crippen molar-refractivity contribution >= 4 is 5.97 Å². The quantitative estimate of drug-likeness (QED) is 0.402. The van der Waals surface area contributed by atoms with E-state index in [2.05, 4.69) is 53.7 Å². The van der Waals surface area contributed by atoms with Gasteiger partial charge in [0, 0.05) is 11.1 Å². The van der Waals surface area contributed by atoms with Crippen molar-refractivity contribution in [2.45, 2.75) is 91.4 Å². The fraction of sp³-hybridized carbons (Fsp3) is 0.519. The SMILES string of the molecule is CCC(C)(C)c1ccc(OC(=O)c2ccc(O)c(C(C)(C)C)c2)c(C(C)(C)CC)c1. The highest BCUT2D eigenvalue weighted by molar-refractivity contribution is 5.91. The van der Waals surface area contributed by atoms with E-state index in [1.54, 1.807) is 18.2 Å². The van der Waals surface area contributed by atoms with Crippen LogP contribution in [0.3, 0.4) is 0 Å². The van der Waals surface area contributed by atoms with Crippen molar-refractivity contribution in [2.24, 2.45) is 0 Å². The fourth-order valence-corrected chi connectivity index (χ4v) is 3.39. The van der Waals surface area contributed by atoms with Gasteiger partial charge >= 0.3 is 5.97 Å². The first kappa shape index (κ1) is 24.0. The molecule has 3 nitrogen and oxygen atoms in total. The van der Waals surface area contributed by atoms with Gasteiger partial charge in [0.05, 0.1) is 5.56 Å². The van der Waals surface area contributed by atoms with Gasteiger partial charge in [-0.05, 0) is 58.9 Å². The van der Waals surface area contributed by atoms with E-state index in [1.165, 1.54) is 5.56 Å². The van der Waals surface area contributed by atoms with E-state index in [0.29, 0.717) is 11.3 Å². The zero-order chi connectivity index (χ0) is 22.9. The lowest BCUT2D eigenvalue weighted by Gasteiger charge is -2.30. The Kier molecular flexibility index (Phi) is 6.76. The van der Waals surface area contributed by atoms with Crippen LogP contribution < -0.4 is 4.74 Å². The van der Waals surface area contributed by atoms with Crippen molar-refractivity contribution in [3.8, 4) is 11.5 Å². The van der Waals surface area contributed by atoms with Gasteiger partial charge in [-0.25, -0.2) is 4.79 Å². The molecule has 0 aliphatic heterocycles. The van der Waals surface area contributed by atoms with E-state index >= 15 is 0 Å². The van der Waals surface area contributed by atoms with Crippen LogP contribution in [0, 0.1) is 0 Å². The molecule has 3 heteroatoms. The highest BCUT2D eigenvalue weighted by Gasteiger charge is 2.28. The lowest BCUT2D eigenvalue weighted by molar-refractivity contribution is 0.0731. The summed E-state index contributed by atoms with van der Waals surface area (Å²) in [6.07, 6.45) is 1.96. The first-order chi connectivity index (χ1) is 13.7. The fourth-order valence-electron chi connectivity index (χ4n) is 3.39. The number of carbonyl (C=O) groups is 1. The predicted molar refractivity (Wildman–Crippen MR) is 125 cm³/mol. The maximum absolute atomic E-state index is 13.0. The second-order valence-electron chi connectivity index (χ2n) is 10.6. The summed E-state index contributed by atoms with van der Waals surface area (Å²) in [5.74, 6) is 0.391. The molecule has 0 atom stereocenters. The van der Waals surface area contributed by atoms with Crippen LogP contribution in [0.25, 0.3) is 0 Å². The molecule has 0 aliphatic rings. The number of esters is 1. The van der Waals surface area contributed by atoms with Crippen LogP contribution in [0.1, 0.15) is 102 Å². The summed E-state index contributed by atoms with van der Waals surface area (Å²) in [6.45, 7) is 19.2. The van der Waals surface area contributed by atoms with E-state index in [4.69, 9.17) is 4.74 Å². The van der Waals surface area contributed by atoms with Crippen LogP contribution in [0.5, 0.6) is 11.5 Å². The summed E-state index contributed by atoms with van der Waals surface area (Å²) in [6, 6.07) is 11.1. The highest BCUT2D eigenvalue weighted by atomic mass is 16.5. The average Bonchev–Trinajstić information content (AvgIpc) is 2.67. The number of benzene rings is 2. The van der Waals surface area contributed by atoms with Crippen LogP contribution in [-0.2, 0) is 16.2 Å². The first-order valence-corrected chi connectivity index (χ1v) is 10.9. The number of ether oxygens (including phenoxy) is 1. The molecule has 0 amide bonds. The molecule has 2 rings (SSSR count). The molecule has 0 spiro atoms. The van der Waals surface area contributed by atoms with Gasteiger partial charge in [0.2, 0.25) is 0 Å². The van der Waals surface area contributed by atoms with Crippen molar-refractivity contribution in [3.63, 3.8) is 0 Å². The lowest BCUT2D eigenvalue weighted by Crippen LogP contribution is -2.22. The normalized spacial score (nSPS) is 12.7. The Morgan fingerprint density at radius 3 is 1.97 bits per heavy atom. The maximum Gasteiger partial charge on any atom is 0.343 e. The molecule has 0 heterocycles. The molecule has 0 saturated carbocycles. The summed E-state index contributed by atoms with van der Waals surface area (Å²) in [5.41, 5.74) is 3.12. The van der Waals surface area contributed by atoms with Crippen LogP contribution in [0.2, 0.25) is 0 Å². The van der Waals surface area contributed by atoms with Crippen molar-refractivity contribution in [1.82, 2.24) is 0 Å². The molecule has 0 radical (unpaired) electrons. The van der Waals surface area contributed by atoms with Gasteiger partial charge in [-0.3, -0.25) is 0 Å². The van der Waals surface area contributed by atoms with Crippen molar-refractivity contribution in [1.29, 1.82) is 0 Å². The van der Waals surface area contributed by atoms with E-state index in [1.807, 2.05) is 26.8 Å². The molecule has 0 fully saturated rings. The third-order valence-electron chi connectivity index (χ3n) is 6.50. The molecule has 30 heavy (non-hydrogen) atoms. The molecule has 0 unspecified atom stereocenters. The standard InChI is InChI=1S/C27H38O3/c1-10-26(6,7)19-13-15-23(21(17-19)27(8,9)11-2)30-24(29)18-12-14-22(28)20(16-18)25(3,4)5/h12-17,28H,10-11H2,1-9H3. The minimum atomic E-state index is -0.406. The topological polar surface area (TPSA) is 46.5 Å². The predicted octanol–water partition coefficient (Wildman–Crippen LogP) is 7.28. The van der Waals surface area contributed by atoms with Gasteiger partial charge in [0.15, 0.2) is 0 Å². The van der Waals surface area contributed by atoms with E-state index in [-0.39, 0.29) is 22.0 Å². The van der Waals surface area contributed by atoms with Gasteiger partial charge in [0.25, 0.3) is 0 Å². The highest BCUT2D eigenvalue weighted by Crippen LogP contribution is 2.39. The molecule has 164 valence electrons. The molecule has 0 saturated heterocycles. The third kappa shape index (κ3) is 5.06. The zero-order valence-electron chi connectivity index (χ0n) is 20.1. The number of carbonyl (C=O) groups excluding carboxylic acids is 1. The summed E-state index contributed by atoms with van der Waals surface area (Å²) in [4.78, 5) is 13.0. The maximum atomic E-state index is 13.0. The number of rotatable bonds is 6. The monoisotopic (exact) mass is 410 g/mol. The third-order valence-corrected chi connectivity index (χ3v) is 6.50. The van der Waals surface area contributed by atoms with Gasteiger partial charge in [-0.2, -0.15) is 0 Å². The Balaban J connectivity index is 2.49. The Hall–Kier alpha value is -2.29. The first-order valence-electron chi connectivity index (χ1n) is 10.9. The molecule has 0 aliphatic carbocycles. The van der Waals surface area contributed by atoms with Crippen molar-refractivity contribution in [3.05, 3.63) is 58.7 Å². The van der Waals surface area contributed by atoms with Gasteiger partial charge < -0.3 is 9.84 Å². The molecule has 0 aromatic heterocycles.